The number of hydrogen-bond acceptors (Lipinski definition) is 5. The quantitative estimate of drug-likeness (QED) is 0.692. The molecule has 2 heterocycles. The zero-order valence-corrected chi connectivity index (χ0v) is 18.3. The van der Waals surface area contributed by atoms with Crippen LogP contribution in [-0.4, -0.2) is 40.1 Å². The topological polar surface area (TPSA) is 58.6 Å². The molecule has 0 aliphatic carbocycles. The number of nitrogens with one attached hydrogen (secondary N) is 1. The Morgan fingerprint density at radius 1 is 1.18 bits per heavy atom. The van der Waals surface area contributed by atoms with Gasteiger partial charge in [0, 0.05) is 12.6 Å². The number of thiophene rings is 1. The predicted octanol–water partition coefficient (Wildman–Crippen LogP) is 4.21. The number of aryl methyl sites for hydroxylation is 1. The second-order valence-electron chi connectivity index (χ2n) is 7.21. The van der Waals surface area contributed by atoms with Gasteiger partial charge in [0.05, 0.1) is 7.11 Å². The van der Waals surface area contributed by atoms with E-state index in [0.717, 1.165) is 25.1 Å². The lowest BCUT2D eigenvalue weighted by atomic mass is 10.1. The Labute approximate surface area is 172 Å². The highest BCUT2D eigenvalue weighted by Crippen LogP contribution is 2.28. The normalized spacial score (nSPS) is 17.2. The number of ether oxygens (including phenoxy) is 1. The van der Waals surface area contributed by atoms with Crippen molar-refractivity contribution in [3.05, 3.63) is 46.2 Å². The highest BCUT2D eigenvalue weighted by atomic mass is 32.2. The van der Waals surface area contributed by atoms with E-state index in [9.17, 15) is 8.42 Å². The van der Waals surface area contributed by atoms with Crippen molar-refractivity contribution < 1.29 is 13.2 Å². The molecule has 1 aromatic heterocycles. The molecule has 0 radical (unpaired) electrons. The summed E-state index contributed by atoms with van der Waals surface area (Å²) in [5.74, 6) is 0.381. The van der Waals surface area contributed by atoms with Gasteiger partial charge in [-0.25, -0.2) is 13.1 Å². The molecule has 1 N–H and O–H groups in total. The summed E-state index contributed by atoms with van der Waals surface area (Å²) in [6.07, 6.45) is 5.61. The second-order valence-corrected chi connectivity index (χ2v) is 9.73. The maximum Gasteiger partial charge on any atom is 0.244 e. The van der Waals surface area contributed by atoms with Gasteiger partial charge >= 0.3 is 0 Å². The fourth-order valence-corrected chi connectivity index (χ4v) is 5.71. The average molecular weight is 423 g/mol. The van der Waals surface area contributed by atoms with Crippen LogP contribution in [-0.2, 0) is 16.4 Å². The molecule has 1 fully saturated rings. The molecule has 0 saturated carbocycles. The molecule has 3 rings (SSSR count). The summed E-state index contributed by atoms with van der Waals surface area (Å²) in [5, 5.41) is 4.19. The van der Waals surface area contributed by atoms with Gasteiger partial charge in [0.2, 0.25) is 10.0 Å². The minimum Gasteiger partial charge on any atom is -0.495 e. The average Bonchev–Trinajstić information content (AvgIpc) is 3.10. The van der Waals surface area contributed by atoms with Crippen LogP contribution in [0.2, 0.25) is 0 Å². The van der Waals surface area contributed by atoms with Crippen LogP contribution in [0.1, 0.15) is 49.8 Å². The molecular weight excluding hydrogens is 392 g/mol. The summed E-state index contributed by atoms with van der Waals surface area (Å²) in [6.45, 7) is 4.39. The zero-order valence-electron chi connectivity index (χ0n) is 16.7. The summed E-state index contributed by atoms with van der Waals surface area (Å²) < 4.78 is 34.4. The zero-order chi connectivity index (χ0) is 20.0. The minimum atomic E-state index is -3.67. The first-order valence-electron chi connectivity index (χ1n) is 9.98. The number of likely N-dealkylation sites (tertiary alicyclic amines) is 1. The van der Waals surface area contributed by atoms with E-state index < -0.39 is 10.0 Å². The van der Waals surface area contributed by atoms with Gasteiger partial charge in [-0.2, -0.15) is 11.3 Å². The van der Waals surface area contributed by atoms with Crippen molar-refractivity contribution in [2.75, 3.05) is 26.7 Å². The van der Waals surface area contributed by atoms with Crippen LogP contribution in [0.4, 0.5) is 0 Å². The molecule has 0 bridgehead atoms. The van der Waals surface area contributed by atoms with E-state index in [1.165, 1.54) is 38.4 Å². The molecule has 7 heteroatoms. The van der Waals surface area contributed by atoms with E-state index in [4.69, 9.17) is 4.74 Å². The fourth-order valence-electron chi connectivity index (χ4n) is 3.75. The van der Waals surface area contributed by atoms with Gasteiger partial charge in [-0.05, 0) is 72.4 Å². The summed E-state index contributed by atoms with van der Waals surface area (Å²) in [6, 6.07) is 7.51. The molecule has 0 spiro atoms. The van der Waals surface area contributed by atoms with Crippen LogP contribution < -0.4 is 9.46 Å². The third-order valence-corrected chi connectivity index (χ3v) is 7.55. The lowest BCUT2D eigenvalue weighted by Gasteiger charge is -2.30. The number of rotatable bonds is 8. The molecule has 2 aromatic rings. The van der Waals surface area contributed by atoms with Crippen molar-refractivity contribution in [2.24, 2.45) is 0 Å². The SMILES string of the molecule is CCc1ccc(OC)c(S(=O)(=O)NCC(c2ccsc2)N2CCCCCC2)c1. The van der Waals surface area contributed by atoms with E-state index in [1.807, 2.05) is 13.0 Å². The summed E-state index contributed by atoms with van der Waals surface area (Å²) >= 11 is 1.65. The third-order valence-electron chi connectivity index (χ3n) is 5.40. The maximum absolute atomic E-state index is 13.1. The molecule has 1 unspecified atom stereocenters. The summed E-state index contributed by atoms with van der Waals surface area (Å²) in [5.41, 5.74) is 2.16. The van der Waals surface area contributed by atoms with Gasteiger partial charge < -0.3 is 4.74 Å². The van der Waals surface area contributed by atoms with E-state index in [-0.39, 0.29) is 10.9 Å². The van der Waals surface area contributed by atoms with Crippen LogP contribution >= 0.6 is 11.3 Å². The first-order chi connectivity index (χ1) is 13.5. The Morgan fingerprint density at radius 2 is 1.93 bits per heavy atom. The van der Waals surface area contributed by atoms with Crippen molar-refractivity contribution in [1.82, 2.24) is 9.62 Å². The Hall–Kier alpha value is -1.41. The lowest BCUT2D eigenvalue weighted by molar-refractivity contribution is 0.206. The van der Waals surface area contributed by atoms with Crippen molar-refractivity contribution >= 4 is 21.4 Å². The molecule has 1 saturated heterocycles. The van der Waals surface area contributed by atoms with Crippen molar-refractivity contribution in [1.29, 1.82) is 0 Å². The van der Waals surface area contributed by atoms with Gasteiger partial charge in [0.25, 0.3) is 0 Å². The molecule has 1 aliphatic heterocycles. The van der Waals surface area contributed by atoms with Crippen molar-refractivity contribution in [3.63, 3.8) is 0 Å². The number of sulfonamides is 1. The minimum absolute atomic E-state index is 0.0551. The smallest absolute Gasteiger partial charge is 0.244 e. The van der Waals surface area contributed by atoms with E-state index in [2.05, 4.69) is 26.4 Å². The van der Waals surface area contributed by atoms with Crippen LogP contribution in [0.5, 0.6) is 5.75 Å². The van der Waals surface area contributed by atoms with Gasteiger partial charge in [0.15, 0.2) is 0 Å². The molecule has 154 valence electrons. The number of nitrogens with zero attached hydrogens (tertiary/aromatic N) is 1. The van der Waals surface area contributed by atoms with Gasteiger partial charge in [-0.3, -0.25) is 4.90 Å². The summed E-state index contributed by atoms with van der Waals surface area (Å²) in [7, 11) is -2.16. The molecule has 1 atom stereocenters. The number of hydrogen-bond donors (Lipinski definition) is 1. The first kappa shape index (κ1) is 21.3. The summed E-state index contributed by atoms with van der Waals surface area (Å²) in [4.78, 5) is 2.64. The molecule has 1 aromatic carbocycles. The van der Waals surface area contributed by atoms with Gasteiger partial charge in [-0.15, -0.1) is 0 Å². The Kier molecular flexibility index (Phi) is 7.51. The third kappa shape index (κ3) is 5.14. The van der Waals surface area contributed by atoms with Crippen molar-refractivity contribution in [3.8, 4) is 5.75 Å². The van der Waals surface area contributed by atoms with Crippen LogP contribution in [0.3, 0.4) is 0 Å². The number of methoxy groups -OCH3 is 1. The highest BCUT2D eigenvalue weighted by Gasteiger charge is 2.26. The van der Waals surface area contributed by atoms with Crippen LogP contribution in [0.15, 0.2) is 39.9 Å². The molecular formula is C21H30N2O3S2. The Bertz CT molecular complexity index is 843. The molecule has 0 amide bonds. The molecule has 1 aliphatic rings. The lowest BCUT2D eigenvalue weighted by Crippen LogP contribution is -2.38. The molecule has 28 heavy (non-hydrogen) atoms. The second kappa shape index (κ2) is 9.87. The maximum atomic E-state index is 13.1. The van der Waals surface area contributed by atoms with Gasteiger partial charge in [-0.1, -0.05) is 25.8 Å². The Morgan fingerprint density at radius 3 is 2.54 bits per heavy atom. The monoisotopic (exact) mass is 422 g/mol. The van der Waals surface area contributed by atoms with E-state index >= 15 is 0 Å². The molecule has 5 nitrogen and oxygen atoms in total. The van der Waals surface area contributed by atoms with Crippen LogP contribution in [0, 0.1) is 0 Å². The largest absolute Gasteiger partial charge is 0.495 e. The highest BCUT2D eigenvalue weighted by molar-refractivity contribution is 7.89. The first-order valence-corrected chi connectivity index (χ1v) is 12.4. The predicted molar refractivity (Wildman–Crippen MR) is 115 cm³/mol. The number of benzene rings is 1. The van der Waals surface area contributed by atoms with Crippen LogP contribution in [0.25, 0.3) is 0 Å². The van der Waals surface area contributed by atoms with E-state index in [0.29, 0.717) is 12.3 Å². The van der Waals surface area contributed by atoms with Gasteiger partial charge in [0.1, 0.15) is 10.6 Å². The van der Waals surface area contributed by atoms with Crippen molar-refractivity contribution in [2.45, 2.75) is 50.0 Å². The Balaban J connectivity index is 1.82. The fraction of sp³-hybridized carbons (Fsp3) is 0.524. The standard InChI is InChI=1S/C21H30N2O3S2/c1-3-17-8-9-20(26-2)21(14-17)28(24,25)22-15-19(18-10-13-27-16-18)23-11-6-4-5-7-12-23/h8-10,13-14,16,19,22H,3-7,11-12,15H2,1-2H3. The van der Waals surface area contributed by atoms with E-state index in [1.54, 1.807) is 23.5 Å².